The van der Waals surface area contributed by atoms with Crippen LogP contribution < -0.4 is 5.73 Å². The van der Waals surface area contributed by atoms with Crippen molar-refractivity contribution in [3.05, 3.63) is 16.6 Å². The lowest BCUT2D eigenvalue weighted by atomic mass is 10.2. The van der Waals surface area contributed by atoms with E-state index in [1.807, 2.05) is 18.5 Å². The maximum absolute atomic E-state index is 5.93. The summed E-state index contributed by atoms with van der Waals surface area (Å²) in [5.41, 5.74) is 7.74. The molecule has 0 saturated heterocycles. The summed E-state index contributed by atoms with van der Waals surface area (Å²) in [6, 6.07) is 0. The predicted molar refractivity (Wildman–Crippen MR) is 67.8 cm³/mol. The van der Waals surface area contributed by atoms with Crippen LogP contribution in [0, 0.1) is 6.92 Å². The molecule has 3 aromatic heterocycles. The number of nitrogens with zero attached hydrogens (tertiary/aromatic N) is 2. The number of fused-ring (bicyclic) bond motifs is 1. The van der Waals surface area contributed by atoms with Gasteiger partial charge in [0.05, 0.1) is 21.0 Å². The van der Waals surface area contributed by atoms with Crippen LogP contribution in [-0.2, 0) is 0 Å². The van der Waals surface area contributed by atoms with Crippen LogP contribution >= 0.6 is 34.2 Å². The van der Waals surface area contributed by atoms with Crippen molar-refractivity contribution in [3.63, 3.8) is 0 Å². The fourth-order valence-electron chi connectivity index (χ4n) is 1.43. The van der Waals surface area contributed by atoms with Gasteiger partial charge >= 0.3 is 0 Å². The normalized spacial score (nSPS) is 11.3. The fourth-order valence-corrected chi connectivity index (χ4v) is 4.04. The lowest BCUT2D eigenvalue weighted by Gasteiger charge is -1.90. The van der Waals surface area contributed by atoms with E-state index in [-0.39, 0.29) is 0 Å². The van der Waals surface area contributed by atoms with E-state index in [0.717, 1.165) is 26.7 Å². The average Bonchev–Trinajstić information content (AvgIpc) is 2.84. The zero-order chi connectivity index (χ0) is 10.4. The Kier molecular flexibility index (Phi) is 2.01. The summed E-state index contributed by atoms with van der Waals surface area (Å²) in [6.07, 6.45) is 1.87. The van der Waals surface area contributed by atoms with Crippen LogP contribution in [0.3, 0.4) is 0 Å². The van der Waals surface area contributed by atoms with Crippen molar-refractivity contribution in [3.8, 4) is 10.6 Å². The second kappa shape index (κ2) is 3.26. The molecule has 6 heteroatoms. The van der Waals surface area contributed by atoms with E-state index >= 15 is 0 Å². The molecular weight excluding hydrogens is 246 g/mol. The number of nitrogen functional groups attached to an aromatic ring is 1. The first-order valence-electron chi connectivity index (χ1n) is 4.31. The van der Waals surface area contributed by atoms with Gasteiger partial charge in [0.2, 0.25) is 0 Å². The van der Waals surface area contributed by atoms with E-state index in [9.17, 15) is 0 Å². The summed E-state index contributed by atoms with van der Waals surface area (Å²) in [4.78, 5) is 5.34. The maximum atomic E-state index is 5.93. The average molecular weight is 253 g/mol. The molecule has 2 N–H and O–H groups in total. The van der Waals surface area contributed by atoms with Gasteiger partial charge in [-0.3, -0.25) is 0 Å². The molecule has 0 saturated carbocycles. The number of thiophene rings is 1. The molecule has 3 rings (SSSR count). The zero-order valence-electron chi connectivity index (χ0n) is 7.85. The largest absolute Gasteiger partial charge is 0.397 e. The standard InChI is InChI=1S/C9H7N3S3/c1-4-11-2-6(14-4)8-7-5(10)3-13-9(7)15-12-8/h2-3H,10H2,1H3. The van der Waals surface area contributed by atoms with Gasteiger partial charge in [-0.15, -0.1) is 22.7 Å². The highest BCUT2D eigenvalue weighted by molar-refractivity contribution is 7.35. The molecule has 0 spiro atoms. The Hall–Kier alpha value is -0.980. The van der Waals surface area contributed by atoms with E-state index in [1.165, 1.54) is 15.5 Å². The minimum Gasteiger partial charge on any atom is -0.397 e. The molecule has 0 unspecified atom stereocenters. The first-order valence-corrected chi connectivity index (χ1v) is 6.78. The number of hydrogen-bond acceptors (Lipinski definition) is 6. The van der Waals surface area contributed by atoms with Crippen LogP contribution in [0.4, 0.5) is 5.69 Å². The number of rotatable bonds is 1. The molecule has 0 fully saturated rings. The highest BCUT2D eigenvalue weighted by atomic mass is 32.2. The van der Waals surface area contributed by atoms with Crippen LogP contribution in [0.2, 0.25) is 0 Å². The molecule has 3 nitrogen and oxygen atoms in total. The molecule has 0 aromatic carbocycles. The number of aromatic nitrogens is 2. The molecule has 0 bridgehead atoms. The van der Waals surface area contributed by atoms with Crippen molar-refractivity contribution in [1.82, 2.24) is 9.36 Å². The Balaban J connectivity index is 2.30. The summed E-state index contributed by atoms with van der Waals surface area (Å²) < 4.78 is 5.63. The van der Waals surface area contributed by atoms with Crippen molar-refractivity contribution >= 4 is 49.3 Å². The molecule has 15 heavy (non-hydrogen) atoms. The first-order chi connectivity index (χ1) is 7.25. The van der Waals surface area contributed by atoms with Gasteiger partial charge in [0.15, 0.2) is 0 Å². The third kappa shape index (κ3) is 1.37. The number of nitrogens with two attached hydrogens (primary N) is 1. The van der Waals surface area contributed by atoms with Gasteiger partial charge < -0.3 is 5.73 Å². The Morgan fingerprint density at radius 2 is 2.27 bits per heavy atom. The summed E-state index contributed by atoms with van der Waals surface area (Å²) in [5, 5.41) is 4.12. The number of anilines is 1. The molecule has 0 radical (unpaired) electrons. The van der Waals surface area contributed by atoms with Crippen LogP contribution in [0.25, 0.3) is 20.0 Å². The fraction of sp³-hybridized carbons (Fsp3) is 0.111. The Morgan fingerprint density at radius 1 is 1.40 bits per heavy atom. The molecule has 3 aromatic rings. The predicted octanol–water partition coefficient (Wildman–Crippen LogP) is 3.37. The molecule has 0 aliphatic carbocycles. The monoisotopic (exact) mass is 253 g/mol. The van der Waals surface area contributed by atoms with Crippen LogP contribution in [0.15, 0.2) is 11.6 Å². The molecule has 76 valence electrons. The molecule has 0 aliphatic rings. The Morgan fingerprint density at radius 3 is 3.00 bits per heavy atom. The third-order valence-corrected chi connectivity index (χ3v) is 4.96. The minimum absolute atomic E-state index is 0.824. The van der Waals surface area contributed by atoms with E-state index in [1.54, 1.807) is 22.7 Å². The number of thiazole rings is 1. The van der Waals surface area contributed by atoms with Gasteiger partial charge in [-0.25, -0.2) is 4.98 Å². The number of hydrogen-bond donors (Lipinski definition) is 1. The lowest BCUT2D eigenvalue weighted by Crippen LogP contribution is -1.81. The number of aryl methyl sites for hydroxylation is 1. The van der Waals surface area contributed by atoms with Crippen molar-refractivity contribution in [2.75, 3.05) is 5.73 Å². The summed E-state index contributed by atoms with van der Waals surface area (Å²) >= 11 is 4.81. The maximum Gasteiger partial charge on any atom is 0.110 e. The smallest absolute Gasteiger partial charge is 0.110 e. The quantitative estimate of drug-likeness (QED) is 0.723. The van der Waals surface area contributed by atoms with Gasteiger partial charge in [0.1, 0.15) is 9.71 Å². The topological polar surface area (TPSA) is 51.8 Å². The van der Waals surface area contributed by atoms with Crippen LogP contribution in [0.1, 0.15) is 5.01 Å². The van der Waals surface area contributed by atoms with E-state index in [4.69, 9.17) is 5.73 Å². The molecule has 3 heterocycles. The highest BCUT2D eigenvalue weighted by Gasteiger charge is 2.14. The second-order valence-corrected chi connectivity index (χ2v) is 6.27. The van der Waals surface area contributed by atoms with Crippen molar-refractivity contribution < 1.29 is 0 Å². The van der Waals surface area contributed by atoms with Crippen molar-refractivity contribution in [2.24, 2.45) is 0 Å². The van der Waals surface area contributed by atoms with Gasteiger partial charge in [-0.2, -0.15) is 4.37 Å². The van der Waals surface area contributed by atoms with Crippen molar-refractivity contribution in [2.45, 2.75) is 6.92 Å². The van der Waals surface area contributed by atoms with E-state index in [0.29, 0.717) is 0 Å². The van der Waals surface area contributed by atoms with Gasteiger partial charge in [-0.05, 0) is 18.5 Å². The molecule has 0 amide bonds. The SMILES string of the molecule is Cc1ncc(-c2nsc3scc(N)c23)s1. The Labute approximate surface area is 98.4 Å². The van der Waals surface area contributed by atoms with Gasteiger partial charge in [0.25, 0.3) is 0 Å². The molecule has 0 atom stereocenters. The highest BCUT2D eigenvalue weighted by Crippen LogP contribution is 2.40. The van der Waals surface area contributed by atoms with Gasteiger partial charge in [0, 0.05) is 11.6 Å². The van der Waals surface area contributed by atoms with Gasteiger partial charge in [-0.1, -0.05) is 0 Å². The second-order valence-electron chi connectivity index (χ2n) is 3.13. The van der Waals surface area contributed by atoms with Crippen LogP contribution in [0.5, 0.6) is 0 Å². The van der Waals surface area contributed by atoms with Crippen molar-refractivity contribution in [1.29, 1.82) is 0 Å². The first kappa shape index (κ1) is 9.26. The molecule has 0 aliphatic heterocycles. The zero-order valence-corrected chi connectivity index (χ0v) is 10.3. The molecular formula is C9H7N3S3. The Bertz CT molecular complexity index is 619. The van der Waals surface area contributed by atoms with Crippen LogP contribution in [-0.4, -0.2) is 9.36 Å². The van der Waals surface area contributed by atoms with E-state index in [2.05, 4.69) is 9.36 Å². The minimum atomic E-state index is 0.824. The lowest BCUT2D eigenvalue weighted by molar-refractivity contribution is 1.30. The summed E-state index contributed by atoms with van der Waals surface area (Å²) in [6.45, 7) is 1.99. The summed E-state index contributed by atoms with van der Waals surface area (Å²) in [7, 11) is 0. The van der Waals surface area contributed by atoms with E-state index < -0.39 is 0 Å². The third-order valence-electron chi connectivity index (χ3n) is 2.10. The summed E-state index contributed by atoms with van der Waals surface area (Å²) in [5.74, 6) is 0.